The van der Waals surface area contributed by atoms with Crippen LogP contribution in [-0.4, -0.2) is 11.1 Å². The fourth-order valence-corrected chi connectivity index (χ4v) is 1.27. The quantitative estimate of drug-likeness (QED) is 0.379. The predicted molar refractivity (Wildman–Crippen MR) is 77.3 cm³/mol. The van der Waals surface area contributed by atoms with Crippen LogP contribution in [0.5, 0.6) is 0 Å². The predicted octanol–water partition coefficient (Wildman–Crippen LogP) is 3.75. The summed E-state index contributed by atoms with van der Waals surface area (Å²) < 4.78 is 0. The van der Waals surface area contributed by atoms with Crippen molar-refractivity contribution in [1.82, 2.24) is 0 Å². The van der Waals surface area contributed by atoms with E-state index >= 15 is 0 Å². The van der Waals surface area contributed by atoms with Crippen molar-refractivity contribution in [1.29, 1.82) is 0 Å². The van der Waals surface area contributed by atoms with Crippen molar-refractivity contribution in [3.63, 3.8) is 0 Å². The van der Waals surface area contributed by atoms with Crippen LogP contribution < -0.4 is 5.43 Å². The number of nitro groups is 1. The maximum atomic E-state index is 10.5. The first-order chi connectivity index (χ1) is 8.94. The Balaban J connectivity index is 2.66. The molecule has 100 valence electrons. The number of nitro benzene ring substituents is 1. The molecule has 19 heavy (non-hydrogen) atoms. The van der Waals surface area contributed by atoms with Crippen LogP contribution in [0.15, 0.2) is 47.3 Å². The first-order valence-corrected chi connectivity index (χ1v) is 5.87. The summed E-state index contributed by atoms with van der Waals surface area (Å²) >= 11 is 0. The summed E-state index contributed by atoms with van der Waals surface area (Å²) in [5.74, 6) is 0. The molecule has 0 unspecified atom stereocenters. The number of nitrogens with zero attached hydrogens (tertiary/aromatic N) is 2. The molecule has 1 aromatic carbocycles. The van der Waals surface area contributed by atoms with Crippen LogP contribution in [0, 0.1) is 15.5 Å². The molecule has 0 heterocycles. The summed E-state index contributed by atoms with van der Waals surface area (Å²) in [6.07, 6.45) is 5.50. The molecule has 1 N–H and O–H groups in total. The van der Waals surface area contributed by atoms with E-state index in [-0.39, 0.29) is 11.1 Å². The molecule has 0 aliphatic rings. The topological polar surface area (TPSA) is 67.5 Å². The van der Waals surface area contributed by atoms with Gasteiger partial charge >= 0.3 is 0 Å². The largest absolute Gasteiger partial charge is 0.279 e. The summed E-state index contributed by atoms with van der Waals surface area (Å²) in [5, 5.41) is 14.6. The van der Waals surface area contributed by atoms with Crippen LogP contribution >= 0.6 is 0 Å². The van der Waals surface area contributed by atoms with Gasteiger partial charge < -0.3 is 0 Å². The number of nitrogens with one attached hydrogen (secondary N) is 1. The number of anilines is 1. The molecule has 0 aliphatic carbocycles. The van der Waals surface area contributed by atoms with Crippen LogP contribution in [-0.2, 0) is 0 Å². The number of benzene rings is 1. The molecule has 5 nitrogen and oxygen atoms in total. The van der Waals surface area contributed by atoms with Gasteiger partial charge in [-0.2, -0.15) is 5.10 Å². The van der Waals surface area contributed by atoms with Gasteiger partial charge in [0.15, 0.2) is 0 Å². The second-order valence-electron chi connectivity index (χ2n) is 4.60. The van der Waals surface area contributed by atoms with Gasteiger partial charge in [-0.3, -0.25) is 15.5 Å². The molecule has 0 atom stereocenters. The summed E-state index contributed by atoms with van der Waals surface area (Å²) in [6, 6.07) is 6.10. The Hall–Kier alpha value is -2.39. The molecule has 0 amide bonds. The van der Waals surface area contributed by atoms with E-state index in [1.807, 2.05) is 32.9 Å². The first-order valence-electron chi connectivity index (χ1n) is 5.87. The van der Waals surface area contributed by atoms with Crippen LogP contribution in [0.1, 0.15) is 20.8 Å². The summed E-state index contributed by atoms with van der Waals surface area (Å²) in [5.41, 5.74) is 6.40. The van der Waals surface area contributed by atoms with Crippen LogP contribution in [0.3, 0.4) is 0 Å². The normalized spacial score (nSPS) is 10.9. The van der Waals surface area contributed by atoms with Gasteiger partial charge in [0.25, 0.3) is 5.69 Å². The lowest BCUT2D eigenvalue weighted by molar-refractivity contribution is -0.384. The third-order valence-electron chi connectivity index (χ3n) is 2.29. The van der Waals surface area contributed by atoms with E-state index in [0.717, 1.165) is 0 Å². The fourth-order valence-electron chi connectivity index (χ4n) is 1.27. The number of allylic oxidation sites excluding steroid dienone is 1. The van der Waals surface area contributed by atoms with Gasteiger partial charge in [0.2, 0.25) is 0 Å². The Kier molecular flexibility index (Phi) is 5.03. The molecule has 0 spiro atoms. The highest BCUT2D eigenvalue weighted by Crippen LogP contribution is 2.16. The third-order valence-corrected chi connectivity index (χ3v) is 2.29. The lowest BCUT2D eigenvalue weighted by Crippen LogP contribution is -2.09. The number of hydrogen-bond acceptors (Lipinski definition) is 4. The lowest BCUT2D eigenvalue weighted by Gasteiger charge is -2.11. The molecular formula is C14H17N3O2. The van der Waals surface area contributed by atoms with E-state index in [2.05, 4.69) is 16.3 Å². The molecule has 0 fully saturated rings. The SMILES string of the molecule is CC=C=CC(C)(C)/C=N/Nc1ccc([N+](=O)[O-])cc1. The van der Waals surface area contributed by atoms with Gasteiger partial charge in [0.1, 0.15) is 0 Å². The Morgan fingerprint density at radius 1 is 1.37 bits per heavy atom. The van der Waals surface area contributed by atoms with Crippen molar-refractivity contribution in [2.24, 2.45) is 10.5 Å². The zero-order valence-corrected chi connectivity index (χ0v) is 11.3. The molecule has 1 rings (SSSR count). The smallest absolute Gasteiger partial charge is 0.269 e. The molecule has 0 bridgehead atoms. The van der Waals surface area contributed by atoms with Crippen molar-refractivity contribution in [2.45, 2.75) is 20.8 Å². The molecule has 0 aromatic heterocycles. The maximum absolute atomic E-state index is 10.5. The second kappa shape index (κ2) is 6.52. The number of non-ortho nitro benzene ring substituents is 1. The highest BCUT2D eigenvalue weighted by molar-refractivity contribution is 5.68. The summed E-state index contributed by atoms with van der Waals surface area (Å²) in [7, 11) is 0. The van der Waals surface area contributed by atoms with Gasteiger partial charge in [0.05, 0.1) is 10.6 Å². The van der Waals surface area contributed by atoms with Crippen molar-refractivity contribution in [3.8, 4) is 0 Å². The summed E-state index contributed by atoms with van der Waals surface area (Å²) in [4.78, 5) is 10.1. The van der Waals surface area contributed by atoms with E-state index in [1.54, 1.807) is 18.3 Å². The average molecular weight is 259 g/mol. The number of hydrogen-bond donors (Lipinski definition) is 1. The second-order valence-corrected chi connectivity index (χ2v) is 4.60. The highest BCUT2D eigenvalue weighted by Gasteiger charge is 2.09. The van der Waals surface area contributed by atoms with E-state index in [0.29, 0.717) is 5.69 Å². The van der Waals surface area contributed by atoms with Crippen molar-refractivity contribution in [2.75, 3.05) is 5.43 Å². The van der Waals surface area contributed by atoms with Gasteiger partial charge in [-0.15, -0.1) is 5.73 Å². The monoisotopic (exact) mass is 259 g/mol. The Bertz CT molecular complexity index is 524. The molecule has 5 heteroatoms. The first kappa shape index (κ1) is 14.7. The Labute approximate surface area is 112 Å². The minimum Gasteiger partial charge on any atom is -0.279 e. The van der Waals surface area contributed by atoms with E-state index in [9.17, 15) is 10.1 Å². The van der Waals surface area contributed by atoms with E-state index < -0.39 is 4.92 Å². The Morgan fingerprint density at radius 2 is 2.00 bits per heavy atom. The minimum absolute atomic E-state index is 0.0610. The maximum Gasteiger partial charge on any atom is 0.269 e. The van der Waals surface area contributed by atoms with Crippen molar-refractivity contribution < 1.29 is 4.92 Å². The number of hydrazone groups is 1. The number of rotatable bonds is 5. The van der Waals surface area contributed by atoms with Gasteiger partial charge in [-0.25, -0.2) is 0 Å². The molecule has 0 saturated heterocycles. The van der Waals surface area contributed by atoms with Crippen molar-refractivity contribution >= 4 is 17.6 Å². The van der Waals surface area contributed by atoms with E-state index in [4.69, 9.17) is 0 Å². The van der Waals surface area contributed by atoms with Crippen LogP contribution in [0.2, 0.25) is 0 Å². The minimum atomic E-state index is -0.433. The molecule has 0 aliphatic heterocycles. The highest BCUT2D eigenvalue weighted by atomic mass is 16.6. The van der Waals surface area contributed by atoms with Gasteiger partial charge in [-0.05, 0) is 31.2 Å². The molecule has 1 aromatic rings. The van der Waals surface area contributed by atoms with Crippen molar-refractivity contribution in [3.05, 3.63) is 52.3 Å². The molecule has 0 saturated carbocycles. The van der Waals surface area contributed by atoms with Gasteiger partial charge in [-0.1, -0.05) is 13.8 Å². The standard InChI is InChI=1S/C14H17N3O2/c1-4-5-10-14(2,3)11-15-16-12-6-8-13(9-7-12)17(18)19/h4,6-11,16H,1-3H3/b15-11+. The Morgan fingerprint density at radius 3 is 2.53 bits per heavy atom. The van der Waals surface area contributed by atoms with Crippen LogP contribution in [0.25, 0.3) is 0 Å². The van der Waals surface area contributed by atoms with Gasteiger partial charge in [0, 0.05) is 23.8 Å². The lowest BCUT2D eigenvalue weighted by atomic mass is 9.96. The average Bonchev–Trinajstić information content (AvgIpc) is 2.37. The summed E-state index contributed by atoms with van der Waals surface area (Å²) in [6.45, 7) is 5.91. The molecular weight excluding hydrogens is 242 g/mol. The third kappa shape index (κ3) is 5.19. The van der Waals surface area contributed by atoms with Crippen LogP contribution in [0.4, 0.5) is 11.4 Å². The zero-order chi connectivity index (χ0) is 14.3. The molecule has 0 radical (unpaired) electrons. The zero-order valence-electron chi connectivity index (χ0n) is 11.3. The van der Waals surface area contributed by atoms with E-state index in [1.165, 1.54) is 12.1 Å². The fraction of sp³-hybridized carbons (Fsp3) is 0.286.